The molecule has 0 saturated carbocycles. The van der Waals surface area contributed by atoms with E-state index in [-0.39, 0.29) is 0 Å². The highest BCUT2D eigenvalue weighted by Crippen LogP contribution is 2.43. The van der Waals surface area contributed by atoms with Gasteiger partial charge in [0.2, 0.25) is 0 Å². The van der Waals surface area contributed by atoms with Crippen molar-refractivity contribution in [3.05, 3.63) is 196 Å². The van der Waals surface area contributed by atoms with E-state index in [0.717, 1.165) is 141 Å². The quantitative estimate of drug-likeness (QED) is 0.0661. The highest BCUT2D eigenvalue weighted by molar-refractivity contribution is 6.31. The first-order chi connectivity index (χ1) is 42.7. The largest absolute Gasteiger partial charge is 0.361 e. The zero-order valence-corrected chi connectivity index (χ0v) is 51.8. The molecular formula is C72H88ClN13O. The molecule has 0 bridgehead atoms. The molecule has 0 radical (unpaired) electrons. The van der Waals surface area contributed by atoms with Gasteiger partial charge in [0.05, 0.1) is 11.9 Å². The minimum atomic E-state index is 0.636. The number of rotatable bonds is 7. The maximum absolute atomic E-state index is 6.09. The van der Waals surface area contributed by atoms with Crippen LogP contribution in [0.1, 0.15) is 83.4 Å². The lowest BCUT2D eigenvalue weighted by Crippen LogP contribution is -2.09. The van der Waals surface area contributed by atoms with E-state index >= 15 is 0 Å². The Morgan fingerprint density at radius 2 is 0.966 bits per heavy atom. The van der Waals surface area contributed by atoms with Crippen molar-refractivity contribution in [1.29, 1.82) is 0 Å². The number of pyridine rings is 2. The third-order valence-corrected chi connectivity index (χ3v) is 20.9. The van der Waals surface area contributed by atoms with Gasteiger partial charge in [-0.25, -0.2) is 15.0 Å². The molecule has 12 atom stereocenters. The first-order valence-corrected chi connectivity index (χ1v) is 32.8. The number of halogens is 1. The zero-order valence-electron chi connectivity index (χ0n) is 51.1. The van der Waals surface area contributed by atoms with Crippen molar-refractivity contribution in [1.82, 2.24) is 66.8 Å². The summed E-state index contributed by atoms with van der Waals surface area (Å²) in [5.74, 6) is 10.5. The summed E-state index contributed by atoms with van der Waals surface area (Å²) >= 11 is 6.09. The van der Waals surface area contributed by atoms with Crippen LogP contribution in [-0.4, -0.2) is 113 Å². The highest BCUT2D eigenvalue weighted by Gasteiger charge is 2.37. The summed E-state index contributed by atoms with van der Waals surface area (Å²) in [5, 5.41) is 29.5. The standard InChI is InChI=1S/C14H17N.C12H13ClN2.C12H16N2O.C12H14N2.C11H15N3.C11H13N3/c1-2-4-11(5-3-1)6-12-7-13-9-15-10-14(13)8-12;13-12-11(2-1-3-15-12)8-4-9-6-14-7-10(9)5-8;1-7-12(8(2)15-14-7)9-3-10-5-13-6-11(10)4-9;1-2-9(6-13-3-1)10-4-11-7-14-8-12(11)5-10;1-14-7-11(6-13-14)8-2-9-4-12-5-10(9)3-8;1-8(11-5-13-7-14-6-11)2-10-4-12-3-9(1)10/h1-5,7,13-15H,6,8-10H2;1-4,9-10,14H,5-7H2;3,10-11,13H,4-6H2,1-2H3;1-4,6,11-12,14H,5,7-8H2;2,6-7,9-10,12H,3-5H2,1H3;1,5-7,9-10,12H,2-4H2. The third-order valence-electron chi connectivity index (χ3n) is 20.6. The number of allylic oxidation sites excluding steroid dienone is 6. The predicted octanol–water partition coefficient (Wildman–Crippen LogP) is 10.5. The van der Waals surface area contributed by atoms with Gasteiger partial charge in [0, 0.05) is 106 Å². The van der Waals surface area contributed by atoms with Crippen LogP contribution in [0.5, 0.6) is 0 Å². The van der Waals surface area contributed by atoms with Crippen LogP contribution in [0.25, 0.3) is 27.9 Å². The van der Waals surface area contributed by atoms with E-state index in [4.69, 9.17) is 16.1 Å². The Morgan fingerprint density at radius 3 is 1.46 bits per heavy atom. The molecule has 6 saturated heterocycles. The van der Waals surface area contributed by atoms with Crippen LogP contribution in [0.4, 0.5) is 0 Å². The number of nitrogens with one attached hydrogen (secondary N) is 6. The van der Waals surface area contributed by atoms with Crippen molar-refractivity contribution < 1.29 is 4.52 Å². The molecule has 6 aromatic rings. The second-order valence-electron chi connectivity index (χ2n) is 26.5. The van der Waals surface area contributed by atoms with Crippen LogP contribution in [-0.2, 0) is 13.5 Å². The predicted molar refractivity (Wildman–Crippen MR) is 350 cm³/mol. The Balaban J connectivity index is 0.0000000966. The number of hydrogen-bond donors (Lipinski definition) is 6. The molecule has 0 spiro atoms. The molecule has 5 aromatic heterocycles. The lowest BCUT2D eigenvalue weighted by molar-refractivity contribution is 0.393. The maximum atomic E-state index is 6.09. The van der Waals surface area contributed by atoms with Gasteiger partial charge in [0.25, 0.3) is 0 Å². The van der Waals surface area contributed by atoms with Gasteiger partial charge in [0.1, 0.15) is 17.2 Å². The third kappa shape index (κ3) is 14.3. The lowest BCUT2D eigenvalue weighted by atomic mass is 9.98. The van der Waals surface area contributed by atoms with E-state index in [1.807, 2.05) is 68.7 Å². The van der Waals surface area contributed by atoms with Crippen LogP contribution in [0.2, 0.25) is 5.15 Å². The molecule has 454 valence electrons. The molecule has 6 N–H and O–H groups in total. The van der Waals surface area contributed by atoms with Gasteiger partial charge < -0.3 is 36.4 Å². The van der Waals surface area contributed by atoms with E-state index in [1.54, 1.807) is 18.1 Å². The Hall–Kier alpha value is -6.49. The summed E-state index contributed by atoms with van der Waals surface area (Å²) in [7, 11) is 1.97. The topological polar surface area (TPSA) is 168 Å². The molecule has 12 unspecified atom stereocenters. The van der Waals surface area contributed by atoms with Gasteiger partial charge >= 0.3 is 0 Å². The van der Waals surface area contributed by atoms with E-state index < -0.39 is 0 Å². The number of nitrogens with zero attached hydrogens (tertiary/aromatic N) is 7. The molecule has 14 nitrogen and oxygen atoms in total. The summed E-state index contributed by atoms with van der Waals surface area (Å²) in [4.78, 5) is 16.4. The van der Waals surface area contributed by atoms with Crippen molar-refractivity contribution in [3.8, 4) is 0 Å². The molecule has 6 aliphatic carbocycles. The highest BCUT2D eigenvalue weighted by atomic mass is 35.5. The molecule has 1 aromatic carbocycles. The molecule has 0 amide bonds. The Morgan fingerprint density at radius 1 is 0.483 bits per heavy atom. The van der Waals surface area contributed by atoms with Crippen molar-refractivity contribution in [2.75, 3.05) is 78.5 Å². The smallest absolute Gasteiger partial charge is 0.141 e. The minimum Gasteiger partial charge on any atom is -0.361 e. The fourth-order valence-electron chi connectivity index (χ4n) is 16.0. The molecule has 6 fully saturated rings. The van der Waals surface area contributed by atoms with Crippen molar-refractivity contribution >= 4 is 39.5 Å². The summed E-state index contributed by atoms with van der Waals surface area (Å²) in [6.07, 6.45) is 38.0. The van der Waals surface area contributed by atoms with Crippen LogP contribution >= 0.6 is 11.6 Å². The van der Waals surface area contributed by atoms with Gasteiger partial charge in [-0.15, -0.1) is 0 Å². The SMILES string of the molecule is C1=C(Cc2ccccc2)CC2CNCC12.C1=C(c2cccnc2)CC2CNCC12.C1=C(c2cncnc2)CC2CNCC12.Cc1noc(C)c1C1=CC2CNCC2C1.Clc1ncccc1C1=CC2CNCC2C1.Cn1cc(C2=CC3CNCC3C2)cn1. The molecule has 6 aliphatic heterocycles. The van der Waals surface area contributed by atoms with Gasteiger partial charge in [-0.3, -0.25) is 9.67 Å². The number of hydrogen-bond acceptors (Lipinski definition) is 13. The molecule has 12 aliphatic rings. The van der Waals surface area contributed by atoms with Crippen molar-refractivity contribution in [2.24, 2.45) is 78.1 Å². The second-order valence-corrected chi connectivity index (χ2v) is 26.8. The summed E-state index contributed by atoms with van der Waals surface area (Å²) in [6.45, 7) is 18.0. The second kappa shape index (κ2) is 27.9. The van der Waals surface area contributed by atoms with E-state index in [9.17, 15) is 0 Å². The average molecular weight is 1190 g/mol. The first kappa shape index (κ1) is 59.5. The van der Waals surface area contributed by atoms with Gasteiger partial charge in [0.15, 0.2) is 0 Å². The number of fused-ring (bicyclic) bond motifs is 6. The number of aryl methyl sites for hydroxylation is 3. The molecule has 15 heteroatoms. The van der Waals surface area contributed by atoms with E-state index in [2.05, 4.69) is 147 Å². The van der Waals surface area contributed by atoms with Crippen LogP contribution in [0.3, 0.4) is 0 Å². The minimum absolute atomic E-state index is 0.636. The Labute approximate surface area is 519 Å². The van der Waals surface area contributed by atoms with Crippen molar-refractivity contribution in [2.45, 2.75) is 58.8 Å². The summed E-state index contributed by atoms with van der Waals surface area (Å²) in [5.41, 5.74) is 17.6. The molecular weight excluding hydrogens is 1100 g/mol. The van der Waals surface area contributed by atoms with E-state index in [1.165, 1.54) is 121 Å². The van der Waals surface area contributed by atoms with Gasteiger partial charge in [-0.2, -0.15) is 5.10 Å². The Kier molecular flexibility index (Phi) is 19.1. The summed E-state index contributed by atoms with van der Waals surface area (Å²) < 4.78 is 7.10. The summed E-state index contributed by atoms with van der Waals surface area (Å²) in [6, 6.07) is 19.0. The fraction of sp³-hybridized carbons (Fsp3) is 0.472. The zero-order chi connectivity index (χ0) is 59.1. The number of benzene rings is 1. The van der Waals surface area contributed by atoms with Crippen LogP contribution in [0.15, 0.2) is 151 Å². The van der Waals surface area contributed by atoms with Crippen LogP contribution < -0.4 is 31.9 Å². The molecule has 87 heavy (non-hydrogen) atoms. The number of aromatic nitrogens is 7. The van der Waals surface area contributed by atoms with Gasteiger partial charge in [-0.05, 0) is 220 Å². The lowest BCUT2D eigenvalue weighted by Gasteiger charge is -2.07. The normalized spacial score (nSPS) is 29.7. The average Bonchev–Trinajstić information content (AvgIpc) is 4.43. The molecule has 18 rings (SSSR count). The first-order valence-electron chi connectivity index (χ1n) is 32.4. The monoisotopic (exact) mass is 1190 g/mol. The van der Waals surface area contributed by atoms with Gasteiger partial charge in [-0.1, -0.05) is 101 Å². The maximum Gasteiger partial charge on any atom is 0.141 e. The van der Waals surface area contributed by atoms with Crippen LogP contribution in [0, 0.1) is 84.9 Å². The molecule has 11 heterocycles. The van der Waals surface area contributed by atoms with Crippen molar-refractivity contribution in [3.63, 3.8) is 0 Å². The fourth-order valence-corrected chi connectivity index (χ4v) is 16.2. The Bertz CT molecular complexity index is 3380. The van der Waals surface area contributed by atoms with E-state index in [0.29, 0.717) is 11.1 Å².